The number of benzene rings is 3. The van der Waals surface area contributed by atoms with E-state index in [1.807, 2.05) is 6.92 Å². The fourth-order valence-electron chi connectivity index (χ4n) is 3.27. The van der Waals surface area contributed by atoms with Gasteiger partial charge in [0.1, 0.15) is 24.3 Å². The Morgan fingerprint density at radius 3 is 2.29 bits per heavy atom. The van der Waals surface area contributed by atoms with Crippen LogP contribution in [0.5, 0.6) is 5.75 Å². The van der Waals surface area contributed by atoms with E-state index in [4.69, 9.17) is 32.1 Å². The highest BCUT2D eigenvalue weighted by Gasteiger charge is 2.23. The number of ether oxygens (including phenoxy) is 1. The molecule has 3 rings (SSSR count). The van der Waals surface area contributed by atoms with E-state index in [1.165, 1.54) is 30.3 Å². The van der Waals surface area contributed by atoms with E-state index in [0.29, 0.717) is 26.7 Å². The largest absolute Gasteiger partial charge is 0.483 e. The van der Waals surface area contributed by atoms with Crippen LogP contribution in [0.4, 0.5) is 4.39 Å². The summed E-state index contributed by atoms with van der Waals surface area (Å²) in [6, 6.07) is 13.8. The topological polar surface area (TPSA) is 52.6 Å². The fraction of sp³-hybridized carbons (Fsp3) is 0.154. The SMILES string of the molecule is C=CCc1cc(F)cc(-c2c(Cl)cccc2Cl)c1O[C@H](C=C)COS(=O)(=O)c1ccc(C)cc1. The first-order valence-electron chi connectivity index (χ1n) is 10.3. The minimum atomic E-state index is -4.02. The maximum Gasteiger partial charge on any atom is 0.297 e. The van der Waals surface area contributed by atoms with Crippen molar-refractivity contribution in [3.63, 3.8) is 0 Å². The molecule has 4 nitrogen and oxygen atoms in total. The molecule has 0 saturated heterocycles. The Morgan fingerprint density at radius 2 is 1.71 bits per heavy atom. The van der Waals surface area contributed by atoms with Crippen molar-refractivity contribution in [3.8, 4) is 16.9 Å². The van der Waals surface area contributed by atoms with Crippen LogP contribution in [-0.4, -0.2) is 21.1 Å². The van der Waals surface area contributed by atoms with Crippen LogP contribution in [0.15, 0.2) is 84.8 Å². The van der Waals surface area contributed by atoms with Crippen LogP contribution in [0.2, 0.25) is 10.0 Å². The Kier molecular flexibility index (Phi) is 8.55. The summed E-state index contributed by atoms with van der Waals surface area (Å²) >= 11 is 12.8. The molecule has 1 atom stereocenters. The van der Waals surface area contributed by atoms with Gasteiger partial charge < -0.3 is 4.74 Å². The molecule has 0 aliphatic rings. The second-order valence-electron chi connectivity index (χ2n) is 7.47. The second kappa shape index (κ2) is 11.2. The monoisotopic (exact) mass is 520 g/mol. The van der Waals surface area contributed by atoms with Crippen LogP contribution in [-0.2, 0) is 20.7 Å². The highest BCUT2D eigenvalue weighted by molar-refractivity contribution is 7.86. The number of hydrogen-bond acceptors (Lipinski definition) is 4. The summed E-state index contributed by atoms with van der Waals surface area (Å²) in [6.45, 7) is 8.95. The standard InChI is InChI=1S/C26H23Cl2FO4S/c1-4-7-18-14-19(29)15-22(25-23(27)8-6-9-24(25)28)26(18)33-20(5-2)16-32-34(30,31)21-12-10-17(3)11-13-21/h4-6,8-15,20H,1-2,7,16H2,3H3/t20-/m1/s1. The molecule has 0 aromatic heterocycles. The first-order valence-corrected chi connectivity index (χ1v) is 12.5. The summed E-state index contributed by atoms with van der Waals surface area (Å²) in [5, 5.41) is 0.613. The zero-order valence-corrected chi connectivity index (χ0v) is 20.8. The molecule has 0 N–H and O–H groups in total. The minimum Gasteiger partial charge on any atom is -0.483 e. The van der Waals surface area contributed by atoms with E-state index in [0.717, 1.165) is 5.56 Å². The van der Waals surface area contributed by atoms with Crippen LogP contribution in [0.3, 0.4) is 0 Å². The molecule has 0 bridgehead atoms. The molecule has 0 fully saturated rings. The van der Waals surface area contributed by atoms with E-state index in [2.05, 4.69) is 13.2 Å². The van der Waals surface area contributed by atoms with Gasteiger partial charge in [0.25, 0.3) is 10.1 Å². The number of rotatable bonds is 10. The maximum absolute atomic E-state index is 14.5. The van der Waals surface area contributed by atoms with Crippen molar-refractivity contribution in [2.75, 3.05) is 6.61 Å². The van der Waals surface area contributed by atoms with Crippen molar-refractivity contribution in [1.29, 1.82) is 0 Å². The highest BCUT2D eigenvalue weighted by atomic mass is 35.5. The first kappa shape index (κ1) is 26.0. The van der Waals surface area contributed by atoms with Crippen molar-refractivity contribution >= 4 is 33.3 Å². The Labute approximate surface area is 209 Å². The molecule has 178 valence electrons. The Morgan fingerprint density at radius 1 is 1.06 bits per heavy atom. The molecule has 0 aliphatic heterocycles. The van der Waals surface area contributed by atoms with Gasteiger partial charge in [-0.3, -0.25) is 4.18 Å². The quantitative estimate of drug-likeness (QED) is 0.210. The van der Waals surface area contributed by atoms with E-state index in [1.54, 1.807) is 36.4 Å². The average molecular weight is 521 g/mol. The van der Waals surface area contributed by atoms with Gasteiger partial charge in [-0.05, 0) is 55.8 Å². The normalized spacial score (nSPS) is 12.2. The third-order valence-electron chi connectivity index (χ3n) is 4.96. The van der Waals surface area contributed by atoms with E-state index in [-0.39, 0.29) is 23.7 Å². The van der Waals surface area contributed by atoms with Gasteiger partial charge in [0.05, 0.1) is 14.9 Å². The molecule has 0 aliphatic carbocycles. The summed E-state index contributed by atoms with van der Waals surface area (Å²) in [7, 11) is -4.02. The van der Waals surface area contributed by atoms with E-state index >= 15 is 0 Å². The molecular formula is C26H23Cl2FO4S. The van der Waals surface area contributed by atoms with Gasteiger partial charge in [-0.1, -0.05) is 59.6 Å². The minimum absolute atomic E-state index is 0.0265. The van der Waals surface area contributed by atoms with E-state index in [9.17, 15) is 12.8 Å². The van der Waals surface area contributed by atoms with Crippen LogP contribution < -0.4 is 4.74 Å². The summed E-state index contributed by atoms with van der Waals surface area (Å²) in [4.78, 5) is 0.0265. The summed E-state index contributed by atoms with van der Waals surface area (Å²) in [5.41, 5.74) is 2.11. The third-order valence-corrected chi connectivity index (χ3v) is 6.88. The lowest BCUT2D eigenvalue weighted by atomic mass is 9.99. The van der Waals surface area contributed by atoms with Gasteiger partial charge in [0, 0.05) is 16.7 Å². The van der Waals surface area contributed by atoms with Gasteiger partial charge >= 0.3 is 0 Å². The molecule has 3 aromatic carbocycles. The molecule has 0 heterocycles. The number of aryl methyl sites for hydroxylation is 1. The number of halogens is 3. The zero-order chi connectivity index (χ0) is 24.9. The fourth-order valence-corrected chi connectivity index (χ4v) is 4.79. The lowest BCUT2D eigenvalue weighted by Crippen LogP contribution is -2.24. The van der Waals surface area contributed by atoms with Gasteiger partial charge in [0.2, 0.25) is 0 Å². The molecule has 3 aromatic rings. The van der Waals surface area contributed by atoms with Crippen molar-refractivity contribution in [2.45, 2.75) is 24.3 Å². The molecule has 0 radical (unpaired) electrons. The Hall–Kier alpha value is -2.64. The molecule has 0 spiro atoms. The number of allylic oxidation sites excluding steroid dienone is 1. The molecule has 0 unspecified atom stereocenters. The Balaban J connectivity index is 1.97. The lowest BCUT2D eigenvalue weighted by Gasteiger charge is -2.22. The van der Waals surface area contributed by atoms with Gasteiger partial charge in [-0.15, -0.1) is 6.58 Å². The smallest absolute Gasteiger partial charge is 0.297 e. The van der Waals surface area contributed by atoms with Gasteiger partial charge in [0.15, 0.2) is 0 Å². The molecule has 8 heteroatoms. The summed E-state index contributed by atoms with van der Waals surface area (Å²) in [6.07, 6.45) is 2.41. The third kappa shape index (κ3) is 6.07. The lowest BCUT2D eigenvalue weighted by molar-refractivity contribution is 0.167. The van der Waals surface area contributed by atoms with Gasteiger partial charge in [-0.25, -0.2) is 4.39 Å². The molecule has 0 saturated carbocycles. The van der Waals surface area contributed by atoms with E-state index < -0.39 is 22.0 Å². The van der Waals surface area contributed by atoms with Crippen molar-refractivity contribution in [1.82, 2.24) is 0 Å². The second-order valence-corrected chi connectivity index (χ2v) is 9.90. The summed E-state index contributed by atoms with van der Waals surface area (Å²) in [5.74, 6) is -0.235. The van der Waals surface area contributed by atoms with Crippen LogP contribution in [0.25, 0.3) is 11.1 Å². The predicted molar refractivity (Wildman–Crippen MR) is 135 cm³/mol. The summed E-state index contributed by atoms with van der Waals surface area (Å²) < 4.78 is 51.1. The van der Waals surface area contributed by atoms with Crippen LogP contribution >= 0.6 is 23.2 Å². The van der Waals surface area contributed by atoms with Crippen LogP contribution in [0.1, 0.15) is 11.1 Å². The molecule has 34 heavy (non-hydrogen) atoms. The average Bonchev–Trinajstić information content (AvgIpc) is 2.78. The molecule has 0 amide bonds. The predicted octanol–water partition coefficient (Wildman–Crippen LogP) is 7.18. The van der Waals surface area contributed by atoms with Crippen molar-refractivity contribution < 1.29 is 21.7 Å². The van der Waals surface area contributed by atoms with Crippen molar-refractivity contribution in [2.24, 2.45) is 0 Å². The maximum atomic E-state index is 14.5. The number of hydrogen-bond donors (Lipinski definition) is 0. The first-order chi connectivity index (χ1) is 16.2. The van der Waals surface area contributed by atoms with Gasteiger partial charge in [-0.2, -0.15) is 8.42 Å². The highest BCUT2D eigenvalue weighted by Crippen LogP contribution is 2.42. The molecular weight excluding hydrogens is 498 g/mol. The van der Waals surface area contributed by atoms with Crippen LogP contribution in [0, 0.1) is 12.7 Å². The van der Waals surface area contributed by atoms with Crippen molar-refractivity contribution in [3.05, 3.63) is 107 Å². The Bertz CT molecular complexity index is 1280. The zero-order valence-electron chi connectivity index (χ0n) is 18.4.